The number of rotatable bonds is 7. The van der Waals surface area contributed by atoms with E-state index in [4.69, 9.17) is 0 Å². The first kappa shape index (κ1) is 14.5. The van der Waals surface area contributed by atoms with Crippen LogP contribution in [0.2, 0.25) is 0 Å². The van der Waals surface area contributed by atoms with Crippen LogP contribution >= 0.6 is 0 Å². The monoisotopic (exact) mass is 241 g/mol. The van der Waals surface area contributed by atoms with Crippen molar-refractivity contribution in [2.75, 3.05) is 39.3 Å². The highest BCUT2D eigenvalue weighted by atomic mass is 16.2. The van der Waals surface area contributed by atoms with Crippen LogP contribution in [0.1, 0.15) is 33.1 Å². The third-order valence-electron chi connectivity index (χ3n) is 3.11. The fourth-order valence-electron chi connectivity index (χ4n) is 2.03. The molecule has 1 heterocycles. The van der Waals surface area contributed by atoms with Gasteiger partial charge in [0.1, 0.15) is 0 Å². The molecule has 1 rings (SSSR count). The molecule has 4 nitrogen and oxygen atoms in total. The molecule has 0 aliphatic carbocycles. The molecule has 100 valence electrons. The minimum absolute atomic E-state index is 0.177. The van der Waals surface area contributed by atoms with Gasteiger partial charge in [0.15, 0.2) is 0 Å². The van der Waals surface area contributed by atoms with Crippen molar-refractivity contribution in [1.29, 1.82) is 0 Å². The number of amides is 1. The van der Waals surface area contributed by atoms with Gasteiger partial charge < -0.3 is 10.6 Å². The van der Waals surface area contributed by atoms with E-state index in [9.17, 15) is 4.79 Å². The molecule has 0 radical (unpaired) electrons. The fourth-order valence-corrected chi connectivity index (χ4v) is 2.03. The topological polar surface area (TPSA) is 44.4 Å². The van der Waals surface area contributed by atoms with Gasteiger partial charge in [0.05, 0.1) is 6.54 Å². The maximum atomic E-state index is 11.6. The smallest absolute Gasteiger partial charge is 0.234 e. The van der Waals surface area contributed by atoms with Crippen molar-refractivity contribution < 1.29 is 4.79 Å². The van der Waals surface area contributed by atoms with Crippen LogP contribution in [0.15, 0.2) is 0 Å². The fraction of sp³-hybridized carbons (Fsp3) is 0.923. The summed E-state index contributed by atoms with van der Waals surface area (Å²) < 4.78 is 0. The summed E-state index contributed by atoms with van der Waals surface area (Å²) in [7, 11) is 0. The number of hydrogen-bond acceptors (Lipinski definition) is 3. The molecule has 0 aromatic heterocycles. The van der Waals surface area contributed by atoms with E-state index in [0.717, 1.165) is 45.1 Å². The molecule has 0 aromatic carbocycles. The first-order chi connectivity index (χ1) is 8.18. The summed E-state index contributed by atoms with van der Waals surface area (Å²) >= 11 is 0. The Labute approximate surface area is 105 Å². The molecule has 0 aromatic rings. The molecule has 0 saturated carbocycles. The van der Waals surface area contributed by atoms with Crippen LogP contribution in [0.3, 0.4) is 0 Å². The van der Waals surface area contributed by atoms with Gasteiger partial charge in [-0.1, -0.05) is 26.7 Å². The van der Waals surface area contributed by atoms with Crippen molar-refractivity contribution >= 4 is 5.91 Å². The number of piperazine rings is 1. The van der Waals surface area contributed by atoms with Gasteiger partial charge in [-0.15, -0.1) is 0 Å². The molecule has 0 spiro atoms. The molecule has 2 N–H and O–H groups in total. The largest absolute Gasteiger partial charge is 0.355 e. The van der Waals surface area contributed by atoms with E-state index in [0.29, 0.717) is 6.54 Å². The van der Waals surface area contributed by atoms with E-state index < -0.39 is 0 Å². The minimum atomic E-state index is 0.177. The molecule has 0 atom stereocenters. The Morgan fingerprint density at radius 3 is 2.65 bits per heavy atom. The molecule has 1 aliphatic heterocycles. The molecular weight excluding hydrogens is 214 g/mol. The normalized spacial score (nSPS) is 17.4. The lowest BCUT2D eigenvalue weighted by atomic mass is 10.1. The first-order valence-corrected chi connectivity index (χ1v) is 6.88. The van der Waals surface area contributed by atoms with E-state index in [1.54, 1.807) is 0 Å². The van der Waals surface area contributed by atoms with Gasteiger partial charge in [0.2, 0.25) is 5.91 Å². The van der Waals surface area contributed by atoms with Crippen molar-refractivity contribution in [3.63, 3.8) is 0 Å². The maximum absolute atomic E-state index is 11.6. The predicted molar refractivity (Wildman–Crippen MR) is 71.0 cm³/mol. The lowest BCUT2D eigenvalue weighted by Gasteiger charge is -2.26. The summed E-state index contributed by atoms with van der Waals surface area (Å²) in [6.45, 7) is 9.85. The zero-order valence-corrected chi connectivity index (χ0v) is 11.3. The molecule has 1 fully saturated rings. The van der Waals surface area contributed by atoms with Gasteiger partial charge in [-0.3, -0.25) is 9.69 Å². The van der Waals surface area contributed by atoms with Crippen molar-refractivity contribution in [2.24, 2.45) is 5.92 Å². The number of nitrogens with zero attached hydrogens (tertiary/aromatic N) is 1. The third kappa shape index (κ3) is 7.34. The standard InChI is InChI=1S/C13H27N3O/c1-12(2)5-3-4-6-15-13(17)11-16-9-7-14-8-10-16/h12,14H,3-11H2,1-2H3,(H,15,17). The molecular formula is C13H27N3O. The predicted octanol–water partition coefficient (Wildman–Crippen LogP) is 0.834. The van der Waals surface area contributed by atoms with Crippen LogP contribution in [0.5, 0.6) is 0 Å². The molecule has 1 saturated heterocycles. The van der Waals surface area contributed by atoms with Gasteiger partial charge in [-0.25, -0.2) is 0 Å². The van der Waals surface area contributed by atoms with Crippen molar-refractivity contribution in [3.05, 3.63) is 0 Å². The maximum Gasteiger partial charge on any atom is 0.234 e. The van der Waals surface area contributed by atoms with Gasteiger partial charge in [0, 0.05) is 32.7 Å². The molecule has 0 unspecified atom stereocenters. The summed E-state index contributed by atoms with van der Waals surface area (Å²) in [5.74, 6) is 0.947. The number of carbonyl (C=O) groups excluding carboxylic acids is 1. The Bertz CT molecular complexity index is 213. The van der Waals surface area contributed by atoms with Gasteiger partial charge in [-0.05, 0) is 12.3 Å². The van der Waals surface area contributed by atoms with Crippen LogP contribution in [0.25, 0.3) is 0 Å². The number of carbonyl (C=O) groups is 1. The lowest BCUT2D eigenvalue weighted by molar-refractivity contribution is -0.122. The molecule has 1 aliphatic rings. The second-order valence-electron chi connectivity index (χ2n) is 5.27. The van der Waals surface area contributed by atoms with E-state index in [-0.39, 0.29) is 5.91 Å². The zero-order chi connectivity index (χ0) is 12.5. The second-order valence-corrected chi connectivity index (χ2v) is 5.27. The van der Waals surface area contributed by atoms with Gasteiger partial charge in [0.25, 0.3) is 0 Å². The van der Waals surface area contributed by atoms with Crippen molar-refractivity contribution in [1.82, 2.24) is 15.5 Å². The van der Waals surface area contributed by atoms with E-state index in [1.807, 2.05) is 0 Å². The highest BCUT2D eigenvalue weighted by Gasteiger charge is 2.12. The summed E-state index contributed by atoms with van der Waals surface area (Å²) in [6, 6.07) is 0. The third-order valence-corrected chi connectivity index (χ3v) is 3.11. The van der Waals surface area contributed by atoms with Gasteiger partial charge in [-0.2, -0.15) is 0 Å². The first-order valence-electron chi connectivity index (χ1n) is 6.88. The number of hydrogen-bond donors (Lipinski definition) is 2. The van der Waals surface area contributed by atoms with Crippen molar-refractivity contribution in [3.8, 4) is 0 Å². The summed E-state index contributed by atoms with van der Waals surface area (Å²) in [5, 5.41) is 6.29. The Hall–Kier alpha value is -0.610. The van der Waals surface area contributed by atoms with Crippen LogP contribution in [-0.4, -0.2) is 50.1 Å². The Morgan fingerprint density at radius 1 is 1.29 bits per heavy atom. The molecule has 1 amide bonds. The summed E-state index contributed by atoms with van der Waals surface area (Å²) in [5.41, 5.74) is 0. The Kier molecular flexibility index (Phi) is 7.21. The van der Waals surface area contributed by atoms with Crippen LogP contribution in [-0.2, 0) is 4.79 Å². The summed E-state index contributed by atoms with van der Waals surface area (Å²) in [6.07, 6.45) is 3.57. The highest BCUT2D eigenvalue weighted by molar-refractivity contribution is 5.77. The molecule has 0 bridgehead atoms. The van der Waals surface area contributed by atoms with Crippen LogP contribution in [0.4, 0.5) is 0 Å². The average Bonchev–Trinajstić information content (AvgIpc) is 2.29. The molecule has 17 heavy (non-hydrogen) atoms. The van der Waals surface area contributed by atoms with E-state index in [1.165, 1.54) is 12.8 Å². The average molecular weight is 241 g/mol. The lowest BCUT2D eigenvalue weighted by Crippen LogP contribution is -2.47. The Morgan fingerprint density at radius 2 is 2.00 bits per heavy atom. The minimum Gasteiger partial charge on any atom is -0.355 e. The SMILES string of the molecule is CC(C)CCCCNC(=O)CN1CCNCC1. The highest BCUT2D eigenvalue weighted by Crippen LogP contribution is 2.04. The quantitative estimate of drug-likeness (QED) is 0.649. The zero-order valence-electron chi connectivity index (χ0n) is 11.3. The molecule has 4 heteroatoms. The Balaban J connectivity index is 1.97. The second kappa shape index (κ2) is 8.48. The van der Waals surface area contributed by atoms with Crippen LogP contribution < -0.4 is 10.6 Å². The van der Waals surface area contributed by atoms with E-state index in [2.05, 4.69) is 29.4 Å². The van der Waals surface area contributed by atoms with Gasteiger partial charge >= 0.3 is 0 Å². The number of nitrogens with one attached hydrogen (secondary N) is 2. The van der Waals surface area contributed by atoms with Crippen LogP contribution in [0, 0.1) is 5.92 Å². The summed E-state index contributed by atoms with van der Waals surface area (Å²) in [4.78, 5) is 13.8. The van der Waals surface area contributed by atoms with Crippen molar-refractivity contribution in [2.45, 2.75) is 33.1 Å². The number of unbranched alkanes of at least 4 members (excludes halogenated alkanes) is 1. The van der Waals surface area contributed by atoms with E-state index >= 15 is 0 Å².